The van der Waals surface area contributed by atoms with Crippen LogP contribution < -0.4 is 14.8 Å². The van der Waals surface area contributed by atoms with Gasteiger partial charge >= 0.3 is 0 Å². The summed E-state index contributed by atoms with van der Waals surface area (Å²) in [6, 6.07) is 21.7. The zero-order chi connectivity index (χ0) is 19.2. The first-order valence-corrected chi connectivity index (χ1v) is 9.44. The molecule has 0 saturated carbocycles. The third-order valence-electron chi connectivity index (χ3n) is 3.67. The van der Waals surface area contributed by atoms with E-state index in [0.29, 0.717) is 28.0 Å². The van der Waals surface area contributed by atoms with Crippen molar-refractivity contribution in [2.24, 2.45) is 0 Å². The normalized spacial score (nSPS) is 11.5. The van der Waals surface area contributed by atoms with Crippen LogP contribution >= 0.6 is 27.5 Å². The Morgan fingerprint density at radius 2 is 1.70 bits per heavy atom. The quantitative estimate of drug-likeness (QED) is 0.483. The number of carbonyl (C=O) groups excluding carboxylic acids is 1. The van der Waals surface area contributed by atoms with Crippen LogP contribution in [0.2, 0.25) is 5.02 Å². The number of hydrogen-bond donors (Lipinski definition) is 1. The average molecular weight is 447 g/mol. The molecule has 27 heavy (non-hydrogen) atoms. The second-order valence-electron chi connectivity index (χ2n) is 5.76. The molecule has 6 heteroatoms. The van der Waals surface area contributed by atoms with Gasteiger partial charge in [-0.25, -0.2) is 0 Å². The van der Waals surface area contributed by atoms with Crippen LogP contribution in [-0.2, 0) is 4.79 Å². The molecule has 1 amide bonds. The average Bonchev–Trinajstić information content (AvgIpc) is 2.66. The molecule has 0 bridgehead atoms. The molecule has 0 aromatic heterocycles. The van der Waals surface area contributed by atoms with Crippen molar-refractivity contribution in [3.05, 3.63) is 82.3 Å². The summed E-state index contributed by atoms with van der Waals surface area (Å²) in [5.74, 6) is 1.45. The number of para-hydroxylation sites is 1. The number of amides is 1. The fourth-order valence-electron chi connectivity index (χ4n) is 2.31. The largest absolute Gasteiger partial charge is 0.481 e. The highest BCUT2D eigenvalue weighted by molar-refractivity contribution is 9.10. The Kier molecular flexibility index (Phi) is 6.37. The summed E-state index contributed by atoms with van der Waals surface area (Å²) in [6.07, 6.45) is -0.699. The number of hydrogen-bond acceptors (Lipinski definition) is 3. The Bertz CT molecular complexity index is 916. The predicted octanol–water partition coefficient (Wildman–Crippen LogP) is 6.30. The smallest absolute Gasteiger partial charge is 0.265 e. The van der Waals surface area contributed by atoms with E-state index in [-0.39, 0.29) is 5.91 Å². The van der Waals surface area contributed by atoms with Gasteiger partial charge in [0.15, 0.2) is 11.9 Å². The summed E-state index contributed by atoms with van der Waals surface area (Å²) < 4.78 is 12.5. The minimum atomic E-state index is -0.699. The summed E-state index contributed by atoms with van der Waals surface area (Å²) in [5.41, 5.74) is 0.475. The van der Waals surface area contributed by atoms with Crippen molar-refractivity contribution in [1.29, 1.82) is 0 Å². The van der Waals surface area contributed by atoms with E-state index < -0.39 is 6.10 Å². The Balaban J connectivity index is 1.72. The highest BCUT2D eigenvalue weighted by atomic mass is 79.9. The maximum atomic E-state index is 12.6. The van der Waals surface area contributed by atoms with Crippen molar-refractivity contribution in [3.8, 4) is 17.2 Å². The number of halogens is 2. The van der Waals surface area contributed by atoms with E-state index in [1.165, 1.54) is 0 Å². The molecule has 3 rings (SSSR count). The van der Waals surface area contributed by atoms with Crippen molar-refractivity contribution >= 4 is 39.1 Å². The topological polar surface area (TPSA) is 47.6 Å². The van der Waals surface area contributed by atoms with Gasteiger partial charge in [0.2, 0.25) is 0 Å². The predicted molar refractivity (Wildman–Crippen MR) is 111 cm³/mol. The van der Waals surface area contributed by atoms with Crippen LogP contribution in [0.3, 0.4) is 0 Å². The van der Waals surface area contributed by atoms with Gasteiger partial charge in [0.25, 0.3) is 5.91 Å². The van der Waals surface area contributed by atoms with E-state index in [0.717, 1.165) is 4.47 Å². The minimum Gasteiger partial charge on any atom is -0.481 e. The molecule has 0 unspecified atom stereocenters. The molecule has 3 aromatic carbocycles. The van der Waals surface area contributed by atoms with Crippen LogP contribution in [0, 0.1) is 0 Å². The maximum Gasteiger partial charge on any atom is 0.265 e. The van der Waals surface area contributed by atoms with E-state index in [2.05, 4.69) is 21.2 Å². The van der Waals surface area contributed by atoms with E-state index in [4.69, 9.17) is 21.1 Å². The van der Waals surface area contributed by atoms with Gasteiger partial charge in [-0.3, -0.25) is 4.79 Å². The zero-order valence-corrected chi connectivity index (χ0v) is 16.8. The molecule has 3 aromatic rings. The minimum absolute atomic E-state index is 0.307. The first kappa shape index (κ1) is 19.3. The summed E-state index contributed by atoms with van der Waals surface area (Å²) in [5, 5.41) is 3.31. The molecule has 0 aliphatic rings. The summed E-state index contributed by atoms with van der Waals surface area (Å²) in [4.78, 5) is 12.6. The molecular weight excluding hydrogens is 430 g/mol. The molecule has 0 heterocycles. The summed E-state index contributed by atoms with van der Waals surface area (Å²) >= 11 is 9.45. The molecule has 0 fully saturated rings. The Hall–Kier alpha value is -2.50. The van der Waals surface area contributed by atoms with Gasteiger partial charge < -0.3 is 14.8 Å². The van der Waals surface area contributed by atoms with Gasteiger partial charge in [-0.1, -0.05) is 45.7 Å². The molecular formula is C21H17BrClNO3. The lowest BCUT2D eigenvalue weighted by Crippen LogP contribution is -2.30. The van der Waals surface area contributed by atoms with Gasteiger partial charge in [0, 0.05) is 9.50 Å². The van der Waals surface area contributed by atoms with Crippen LogP contribution in [0.15, 0.2) is 77.3 Å². The lowest BCUT2D eigenvalue weighted by Gasteiger charge is -2.17. The zero-order valence-electron chi connectivity index (χ0n) is 14.5. The second kappa shape index (κ2) is 8.93. The third kappa shape index (κ3) is 5.49. The van der Waals surface area contributed by atoms with Gasteiger partial charge in [-0.05, 0) is 61.5 Å². The van der Waals surface area contributed by atoms with Crippen molar-refractivity contribution in [1.82, 2.24) is 0 Å². The molecule has 0 aliphatic heterocycles. The van der Waals surface area contributed by atoms with E-state index in [1.807, 2.05) is 42.5 Å². The highest BCUT2D eigenvalue weighted by Gasteiger charge is 2.17. The van der Waals surface area contributed by atoms with Crippen LogP contribution in [0.1, 0.15) is 6.92 Å². The Labute approximate surface area is 171 Å². The van der Waals surface area contributed by atoms with Crippen molar-refractivity contribution in [2.45, 2.75) is 13.0 Å². The number of rotatable bonds is 6. The third-order valence-corrected chi connectivity index (χ3v) is 4.43. The second-order valence-corrected chi connectivity index (χ2v) is 7.11. The van der Waals surface area contributed by atoms with Crippen molar-refractivity contribution in [3.63, 3.8) is 0 Å². The Morgan fingerprint density at radius 1 is 1.00 bits per heavy atom. The van der Waals surface area contributed by atoms with E-state index in [9.17, 15) is 4.79 Å². The van der Waals surface area contributed by atoms with E-state index in [1.54, 1.807) is 37.3 Å². The fraction of sp³-hybridized carbons (Fsp3) is 0.0952. The molecule has 4 nitrogen and oxygen atoms in total. The number of carbonyl (C=O) groups is 1. The Morgan fingerprint density at radius 3 is 2.41 bits per heavy atom. The maximum absolute atomic E-state index is 12.6. The lowest BCUT2D eigenvalue weighted by molar-refractivity contribution is -0.122. The summed E-state index contributed by atoms with van der Waals surface area (Å²) in [6.45, 7) is 1.68. The monoisotopic (exact) mass is 445 g/mol. The highest BCUT2D eigenvalue weighted by Crippen LogP contribution is 2.32. The van der Waals surface area contributed by atoms with E-state index >= 15 is 0 Å². The number of benzene rings is 3. The number of ether oxygens (including phenoxy) is 2. The fourth-order valence-corrected chi connectivity index (χ4v) is 2.75. The van der Waals surface area contributed by atoms with Gasteiger partial charge in [-0.15, -0.1) is 0 Å². The standard InChI is InChI=1S/C21H17BrClNO3/c1-14(26-18-10-7-15(22)8-11-18)21(25)24-19-13-16(23)9-12-20(19)27-17-5-3-2-4-6-17/h2-14H,1H3,(H,24,25)/t14-/m0/s1. The van der Waals surface area contributed by atoms with Crippen LogP contribution in [-0.4, -0.2) is 12.0 Å². The SMILES string of the molecule is C[C@H](Oc1ccc(Br)cc1)C(=O)Nc1cc(Cl)ccc1Oc1ccccc1. The molecule has 1 atom stereocenters. The molecule has 1 N–H and O–H groups in total. The molecule has 0 aliphatic carbocycles. The number of anilines is 1. The summed E-state index contributed by atoms with van der Waals surface area (Å²) in [7, 11) is 0. The van der Waals surface area contributed by atoms with Crippen molar-refractivity contribution in [2.75, 3.05) is 5.32 Å². The van der Waals surface area contributed by atoms with Gasteiger partial charge in [0.05, 0.1) is 5.69 Å². The molecule has 0 radical (unpaired) electrons. The molecule has 138 valence electrons. The first-order chi connectivity index (χ1) is 13.0. The lowest BCUT2D eigenvalue weighted by atomic mass is 10.2. The van der Waals surface area contributed by atoms with Crippen LogP contribution in [0.4, 0.5) is 5.69 Å². The van der Waals surface area contributed by atoms with Crippen LogP contribution in [0.25, 0.3) is 0 Å². The molecule has 0 saturated heterocycles. The number of nitrogens with one attached hydrogen (secondary N) is 1. The van der Waals surface area contributed by atoms with Crippen molar-refractivity contribution < 1.29 is 14.3 Å². The van der Waals surface area contributed by atoms with Gasteiger partial charge in [-0.2, -0.15) is 0 Å². The van der Waals surface area contributed by atoms with Gasteiger partial charge in [0.1, 0.15) is 11.5 Å². The molecule has 0 spiro atoms. The first-order valence-electron chi connectivity index (χ1n) is 8.27. The van der Waals surface area contributed by atoms with Crippen LogP contribution in [0.5, 0.6) is 17.2 Å².